The van der Waals surface area contributed by atoms with Gasteiger partial charge in [0.1, 0.15) is 0 Å². The van der Waals surface area contributed by atoms with Crippen LogP contribution in [-0.2, 0) is 0 Å². The SMILES string of the molecule is Fc1cnc(Br)nc1. The minimum absolute atomic E-state index is 0.402. The van der Waals surface area contributed by atoms with Gasteiger partial charge in [0.2, 0.25) is 0 Å². The van der Waals surface area contributed by atoms with Crippen LogP contribution in [0.15, 0.2) is 17.1 Å². The molecule has 0 saturated carbocycles. The molecule has 1 aromatic rings. The molecule has 0 bridgehead atoms. The topological polar surface area (TPSA) is 25.8 Å². The van der Waals surface area contributed by atoms with Crippen molar-refractivity contribution in [2.24, 2.45) is 0 Å². The summed E-state index contributed by atoms with van der Waals surface area (Å²) in [7, 11) is 0. The normalized spacial score (nSPS) is 9.25. The highest BCUT2D eigenvalue weighted by molar-refractivity contribution is 9.10. The molecule has 1 rings (SSSR count). The Morgan fingerprint density at radius 3 is 2.25 bits per heavy atom. The molecule has 0 radical (unpaired) electrons. The maximum atomic E-state index is 11.9. The second kappa shape index (κ2) is 2.17. The van der Waals surface area contributed by atoms with E-state index in [-0.39, 0.29) is 0 Å². The summed E-state index contributed by atoms with van der Waals surface area (Å²) >= 11 is 2.96. The smallest absolute Gasteiger partial charge is 0.196 e. The van der Waals surface area contributed by atoms with E-state index in [4.69, 9.17) is 0 Å². The highest BCUT2D eigenvalue weighted by Gasteiger charge is 1.87. The van der Waals surface area contributed by atoms with Gasteiger partial charge in [-0.15, -0.1) is 0 Å². The van der Waals surface area contributed by atoms with Gasteiger partial charge >= 0.3 is 0 Å². The predicted molar refractivity (Wildman–Crippen MR) is 29.7 cm³/mol. The highest BCUT2D eigenvalue weighted by atomic mass is 79.9. The average Bonchev–Trinajstić information content (AvgIpc) is 1.77. The van der Waals surface area contributed by atoms with Crippen LogP contribution in [0.4, 0.5) is 4.39 Å². The second-order valence-electron chi connectivity index (χ2n) is 1.17. The van der Waals surface area contributed by atoms with Gasteiger partial charge in [-0.3, -0.25) is 0 Å². The average molecular weight is 177 g/mol. The van der Waals surface area contributed by atoms with E-state index in [1.165, 1.54) is 0 Å². The van der Waals surface area contributed by atoms with Gasteiger partial charge in [-0.2, -0.15) is 0 Å². The lowest BCUT2D eigenvalue weighted by Crippen LogP contribution is -1.81. The lowest BCUT2D eigenvalue weighted by Gasteiger charge is -1.83. The van der Waals surface area contributed by atoms with Crippen molar-refractivity contribution in [2.45, 2.75) is 0 Å². The molecular weight excluding hydrogens is 175 g/mol. The Morgan fingerprint density at radius 1 is 1.38 bits per heavy atom. The summed E-state index contributed by atoms with van der Waals surface area (Å²) in [5, 5.41) is 0. The van der Waals surface area contributed by atoms with Crippen LogP contribution in [0, 0.1) is 5.82 Å². The molecule has 0 aromatic carbocycles. The molecule has 1 aromatic heterocycles. The summed E-state index contributed by atoms with van der Waals surface area (Å²) in [5.41, 5.74) is 0. The third kappa shape index (κ3) is 1.23. The number of hydrogen-bond donors (Lipinski definition) is 0. The Bertz CT molecular complexity index is 153. The zero-order valence-corrected chi connectivity index (χ0v) is 5.39. The van der Waals surface area contributed by atoms with Crippen LogP contribution >= 0.6 is 15.9 Å². The molecule has 0 N–H and O–H groups in total. The van der Waals surface area contributed by atoms with E-state index in [2.05, 4.69) is 25.9 Å². The molecule has 0 atom stereocenters. The minimum Gasteiger partial charge on any atom is -0.228 e. The molecule has 42 valence electrons. The largest absolute Gasteiger partial charge is 0.228 e. The Hall–Kier alpha value is -0.510. The quantitative estimate of drug-likeness (QED) is 0.559. The van der Waals surface area contributed by atoms with E-state index >= 15 is 0 Å². The van der Waals surface area contributed by atoms with Gasteiger partial charge in [-0.1, -0.05) is 0 Å². The number of rotatable bonds is 0. The predicted octanol–water partition coefficient (Wildman–Crippen LogP) is 1.38. The van der Waals surface area contributed by atoms with E-state index in [1.54, 1.807) is 0 Å². The number of halogens is 2. The number of hydrogen-bond acceptors (Lipinski definition) is 2. The van der Waals surface area contributed by atoms with E-state index in [9.17, 15) is 4.39 Å². The molecule has 4 heteroatoms. The first-order valence-corrected chi connectivity index (χ1v) is 2.71. The van der Waals surface area contributed by atoms with E-state index in [1.807, 2.05) is 0 Å². The molecule has 0 unspecified atom stereocenters. The lowest BCUT2D eigenvalue weighted by atomic mass is 10.7. The summed E-state index contributed by atoms with van der Waals surface area (Å²) in [6.07, 6.45) is 2.19. The standard InChI is InChI=1S/C4H2BrFN2/c5-4-7-1-3(6)2-8-4/h1-2H. The summed E-state index contributed by atoms with van der Waals surface area (Å²) in [6.45, 7) is 0. The van der Waals surface area contributed by atoms with E-state index < -0.39 is 5.82 Å². The molecule has 0 spiro atoms. The second-order valence-corrected chi connectivity index (χ2v) is 1.88. The lowest BCUT2D eigenvalue weighted by molar-refractivity contribution is 0.611. The fourth-order valence-electron chi connectivity index (χ4n) is 0.297. The summed E-state index contributed by atoms with van der Waals surface area (Å²) in [5.74, 6) is -0.423. The van der Waals surface area contributed by atoms with Gasteiger partial charge < -0.3 is 0 Å². The van der Waals surface area contributed by atoms with Crippen LogP contribution in [0.5, 0.6) is 0 Å². The third-order valence-corrected chi connectivity index (χ3v) is 0.998. The maximum absolute atomic E-state index is 11.9. The van der Waals surface area contributed by atoms with E-state index in [0.29, 0.717) is 4.73 Å². The van der Waals surface area contributed by atoms with Crippen LogP contribution in [0.2, 0.25) is 0 Å². The number of nitrogens with zero attached hydrogens (tertiary/aromatic N) is 2. The molecular formula is C4H2BrFN2. The third-order valence-electron chi connectivity index (χ3n) is 0.589. The van der Waals surface area contributed by atoms with Gasteiger partial charge in [0.15, 0.2) is 10.6 Å². The molecule has 1 heterocycles. The van der Waals surface area contributed by atoms with Crippen LogP contribution in [0.1, 0.15) is 0 Å². The van der Waals surface area contributed by atoms with Crippen LogP contribution in [-0.4, -0.2) is 9.97 Å². The Labute approximate surface area is 53.9 Å². The van der Waals surface area contributed by atoms with Gasteiger partial charge in [0.05, 0.1) is 12.4 Å². The van der Waals surface area contributed by atoms with Crippen molar-refractivity contribution in [3.05, 3.63) is 22.9 Å². The molecule has 8 heavy (non-hydrogen) atoms. The van der Waals surface area contributed by atoms with Crippen LogP contribution in [0.25, 0.3) is 0 Å². The van der Waals surface area contributed by atoms with Crippen molar-refractivity contribution in [3.8, 4) is 0 Å². The zero-order valence-electron chi connectivity index (χ0n) is 3.81. The molecule has 0 fully saturated rings. The van der Waals surface area contributed by atoms with Crippen molar-refractivity contribution in [3.63, 3.8) is 0 Å². The molecule has 0 aliphatic rings. The van der Waals surface area contributed by atoms with Gasteiger partial charge in [-0.25, -0.2) is 14.4 Å². The van der Waals surface area contributed by atoms with Gasteiger partial charge in [0, 0.05) is 0 Å². The first-order valence-electron chi connectivity index (χ1n) is 1.92. The van der Waals surface area contributed by atoms with Gasteiger partial charge in [0.25, 0.3) is 0 Å². The molecule has 0 aliphatic heterocycles. The first kappa shape index (κ1) is 5.62. The molecule has 0 amide bonds. The zero-order chi connectivity index (χ0) is 5.98. The van der Waals surface area contributed by atoms with E-state index in [0.717, 1.165) is 12.4 Å². The van der Waals surface area contributed by atoms with Gasteiger partial charge in [-0.05, 0) is 15.9 Å². The fraction of sp³-hybridized carbons (Fsp3) is 0. The number of aromatic nitrogens is 2. The van der Waals surface area contributed by atoms with Crippen molar-refractivity contribution >= 4 is 15.9 Å². The Morgan fingerprint density at radius 2 is 1.88 bits per heavy atom. The van der Waals surface area contributed by atoms with Crippen LogP contribution in [0.3, 0.4) is 0 Å². The fourth-order valence-corrected chi connectivity index (χ4v) is 0.501. The Kier molecular flexibility index (Phi) is 1.53. The monoisotopic (exact) mass is 176 g/mol. The molecule has 0 saturated heterocycles. The van der Waals surface area contributed by atoms with Crippen molar-refractivity contribution < 1.29 is 4.39 Å². The summed E-state index contributed by atoms with van der Waals surface area (Å²) in [6, 6.07) is 0. The summed E-state index contributed by atoms with van der Waals surface area (Å²) in [4.78, 5) is 7.02. The molecule has 2 nitrogen and oxygen atoms in total. The van der Waals surface area contributed by atoms with Crippen molar-refractivity contribution in [1.29, 1.82) is 0 Å². The summed E-state index contributed by atoms with van der Waals surface area (Å²) < 4.78 is 12.3. The Balaban J connectivity index is 3.03. The van der Waals surface area contributed by atoms with Crippen molar-refractivity contribution in [2.75, 3.05) is 0 Å². The highest BCUT2D eigenvalue weighted by Crippen LogP contribution is 1.98. The van der Waals surface area contributed by atoms with Crippen LogP contribution < -0.4 is 0 Å². The maximum Gasteiger partial charge on any atom is 0.196 e. The molecule has 0 aliphatic carbocycles. The van der Waals surface area contributed by atoms with Crippen molar-refractivity contribution in [1.82, 2.24) is 9.97 Å². The first-order chi connectivity index (χ1) is 3.79. The minimum atomic E-state index is -0.423.